The number of aryl methyl sites for hydroxylation is 1. The molecule has 0 N–H and O–H groups in total. The Morgan fingerprint density at radius 2 is 1.89 bits per heavy atom. The van der Waals surface area contributed by atoms with Crippen LogP contribution in [0.25, 0.3) is 0 Å². The molecule has 2 nitrogen and oxygen atoms in total. The van der Waals surface area contributed by atoms with Gasteiger partial charge in [-0.2, -0.15) is 0 Å². The highest BCUT2D eigenvalue weighted by atomic mass is 35.5. The lowest BCUT2D eigenvalue weighted by Crippen LogP contribution is -1.97. The third-order valence-corrected chi connectivity index (χ3v) is 3.60. The van der Waals surface area contributed by atoms with Gasteiger partial charge in [0, 0.05) is 18.3 Å². The van der Waals surface area contributed by atoms with Crippen molar-refractivity contribution >= 4 is 34.8 Å². The molecule has 0 saturated heterocycles. The van der Waals surface area contributed by atoms with Gasteiger partial charge in [0.15, 0.2) is 0 Å². The summed E-state index contributed by atoms with van der Waals surface area (Å²) in [5.74, 6) is 0. The van der Waals surface area contributed by atoms with E-state index in [1.54, 1.807) is 6.07 Å². The zero-order valence-corrected chi connectivity index (χ0v) is 12.0. The molecule has 0 aliphatic heterocycles. The van der Waals surface area contributed by atoms with Crippen molar-refractivity contribution in [2.75, 3.05) is 0 Å². The number of rotatable bonds is 3. The number of hydrogen-bond donors (Lipinski definition) is 0. The Morgan fingerprint density at radius 3 is 2.50 bits per heavy atom. The maximum atomic E-state index is 6.08. The molecule has 0 radical (unpaired) electrons. The summed E-state index contributed by atoms with van der Waals surface area (Å²) in [5.41, 5.74) is 2.79. The molecule has 5 heteroatoms. The molecule has 0 aliphatic rings. The van der Waals surface area contributed by atoms with E-state index in [0.717, 1.165) is 12.1 Å². The Balaban J connectivity index is 2.25. The van der Waals surface area contributed by atoms with E-state index in [2.05, 4.69) is 16.9 Å². The lowest BCUT2D eigenvalue weighted by Gasteiger charge is -2.05. The third kappa shape index (κ3) is 3.14. The third-order valence-electron chi connectivity index (χ3n) is 2.60. The van der Waals surface area contributed by atoms with Crippen molar-refractivity contribution in [1.82, 2.24) is 9.97 Å². The zero-order valence-electron chi connectivity index (χ0n) is 9.75. The Bertz CT molecular complexity index is 553. The predicted molar refractivity (Wildman–Crippen MR) is 75.7 cm³/mol. The molecule has 18 heavy (non-hydrogen) atoms. The highest BCUT2D eigenvalue weighted by Crippen LogP contribution is 2.26. The van der Waals surface area contributed by atoms with Crippen LogP contribution in [0.5, 0.6) is 0 Å². The summed E-state index contributed by atoms with van der Waals surface area (Å²) in [7, 11) is 0. The molecule has 2 aromatic heterocycles. The number of pyridine rings is 2. The van der Waals surface area contributed by atoms with Crippen molar-refractivity contribution in [2.45, 2.75) is 19.8 Å². The van der Waals surface area contributed by atoms with E-state index < -0.39 is 0 Å². The molecule has 94 valence electrons. The number of nitrogens with zero attached hydrogens (tertiary/aromatic N) is 2. The molecular formula is C13H11Cl3N2. The highest BCUT2D eigenvalue weighted by Gasteiger charge is 2.09. The minimum atomic E-state index is 0.265. The van der Waals surface area contributed by atoms with Crippen LogP contribution in [-0.4, -0.2) is 9.97 Å². The first-order valence-electron chi connectivity index (χ1n) is 5.54. The van der Waals surface area contributed by atoms with Gasteiger partial charge < -0.3 is 0 Å². The van der Waals surface area contributed by atoms with Gasteiger partial charge in [-0.3, -0.25) is 4.98 Å². The van der Waals surface area contributed by atoms with E-state index in [1.807, 2.05) is 18.3 Å². The van der Waals surface area contributed by atoms with Crippen LogP contribution in [0.1, 0.15) is 23.9 Å². The van der Waals surface area contributed by atoms with Crippen LogP contribution in [0.3, 0.4) is 0 Å². The molecule has 0 unspecified atom stereocenters. The summed E-state index contributed by atoms with van der Waals surface area (Å²) in [4.78, 5) is 8.53. The molecule has 0 aliphatic carbocycles. The van der Waals surface area contributed by atoms with Crippen LogP contribution in [0.2, 0.25) is 15.2 Å². The van der Waals surface area contributed by atoms with Crippen LogP contribution in [0, 0.1) is 0 Å². The van der Waals surface area contributed by atoms with Crippen LogP contribution < -0.4 is 0 Å². The average Bonchev–Trinajstić information content (AvgIpc) is 2.37. The SMILES string of the molecule is CCc1ccc(Cc2nc(Cl)c(Cl)cc2Cl)nc1. The molecule has 0 saturated carbocycles. The van der Waals surface area contributed by atoms with Gasteiger partial charge in [-0.1, -0.05) is 47.8 Å². The lowest BCUT2D eigenvalue weighted by molar-refractivity contribution is 0.992. The Labute approximate surface area is 121 Å². The summed E-state index contributed by atoms with van der Waals surface area (Å²) < 4.78 is 0. The molecule has 2 aromatic rings. The maximum Gasteiger partial charge on any atom is 0.148 e. The first-order valence-corrected chi connectivity index (χ1v) is 6.67. The molecule has 0 atom stereocenters. The molecule has 2 rings (SSSR count). The second-order valence-electron chi connectivity index (χ2n) is 3.88. The molecule has 0 bridgehead atoms. The van der Waals surface area contributed by atoms with E-state index in [-0.39, 0.29) is 5.15 Å². The standard InChI is InChI=1S/C13H11Cl3N2/c1-2-8-3-4-9(17-7-8)5-12-10(14)6-11(15)13(16)18-12/h3-4,6-7H,2,5H2,1H3. The van der Waals surface area contributed by atoms with Gasteiger partial charge in [0.2, 0.25) is 0 Å². The number of halogens is 3. The fraction of sp³-hybridized carbons (Fsp3) is 0.231. The lowest BCUT2D eigenvalue weighted by atomic mass is 10.1. The topological polar surface area (TPSA) is 25.8 Å². The summed E-state index contributed by atoms with van der Waals surface area (Å²) in [6, 6.07) is 5.63. The number of hydrogen-bond acceptors (Lipinski definition) is 2. The second kappa shape index (κ2) is 5.87. The second-order valence-corrected chi connectivity index (χ2v) is 5.05. The van der Waals surface area contributed by atoms with Crippen molar-refractivity contribution in [3.05, 3.63) is 56.5 Å². The van der Waals surface area contributed by atoms with Crippen LogP contribution in [0.15, 0.2) is 24.4 Å². The van der Waals surface area contributed by atoms with Gasteiger partial charge in [0.1, 0.15) is 5.15 Å². The zero-order chi connectivity index (χ0) is 13.1. The largest absolute Gasteiger partial charge is 0.261 e. The van der Waals surface area contributed by atoms with Crippen LogP contribution in [-0.2, 0) is 12.8 Å². The summed E-state index contributed by atoms with van der Waals surface area (Å²) in [6.45, 7) is 2.09. The van der Waals surface area contributed by atoms with E-state index in [4.69, 9.17) is 34.8 Å². The molecule has 2 heterocycles. The van der Waals surface area contributed by atoms with Gasteiger partial charge in [-0.05, 0) is 24.1 Å². The fourth-order valence-corrected chi connectivity index (χ4v) is 2.13. The first kappa shape index (κ1) is 13.6. The minimum Gasteiger partial charge on any atom is -0.261 e. The Morgan fingerprint density at radius 1 is 1.11 bits per heavy atom. The minimum absolute atomic E-state index is 0.265. The van der Waals surface area contributed by atoms with Crippen molar-refractivity contribution in [1.29, 1.82) is 0 Å². The smallest absolute Gasteiger partial charge is 0.148 e. The van der Waals surface area contributed by atoms with E-state index in [1.165, 1.54) is 5.56 Å². The quantitative estimate of drug-likeness (QED) is 0.775. The van der Waals surface area contributed by atoms with Crippen molar-refractivity contribution < 1.29 is 0 Å². The van der Waals surface area contributed by atoms with E-state index in [9.17, 15) is 0 Å². The highest BCUT2D eigenvalue weighted by molar-refractivity contribution is 6.42. The van der Waals surface area contributed by atoms with Crippen LogP contribution >= 0.6 is 34.8 Å². The Kier molecular flexibility index (Phi) is 4.44. The number of aromatic nitrogens is 2. The summed E-state index contributed by atoms with van der Waals surface area (Å²) in [5, 5.41) is 1.13. The van der Waals surface area contributed by atoms with Crippen molar-refractivity contribution in [3.8, 4) is 0 Å². The normalized spacial score (nSPS) is 10.7. The average molecular weight is 302 g/mol. The van der Waals surface area contributed by atoms with Gasteiger partial charge in [-0.15, -0.1) is 0 Å². The summed E-state index contributed by atoms with van der Waals surface area (Å²) in [6.07, 6.45) is 3.37. The predicted octanol–water partition coefficient (Wildman–Crippen LogP) is 4.59. The fourth-order valence-electron chi connectivity index (χ4n) is 1.54. The van der Waals surface area contributed by atoms with E-state index >= 15 is 0 Å². The van der Waals surface area contributed by atoms with Crippen molar-refractivity contribution in [3.63, 3.8) is 0 Å². The van der Waals surface area contributed by atoms with Gasteiger partial charge in [0.25, 0.3) is 0 Å². The van der Waals surface area contributed by atoms with Gasteiger partial charge >= 0.3 is 0 Å². The van der Waals surface area contributed by atoms with Crippen LogP contribution in [0.4, 0.5) is 0 Å². The van der Waals surface area contributed by atoms with Gasteiger partial charge in [-0.25, -0.2) is 4.98 Å². The molecule has 0 fully saturated rings. The molecule has 0 spiro atoms. The van der Waals surface area contributed by atoms with Crippen molar-refractivity contribution in [2.24, 2.45) is 0 Å². The Hall–Kier alpha value is -0.830. The molecule has 0 amide bonds. The maximum absolute atomic E-state index is 6.08. The summed E-state index contributed by atoms with van der Waals surface area (Å²) >= 11 is 17.8. The first-order chi connectivity index (χ1) is 8.60. The molecule has 0 aromatic carbocycles. The van der Waals surface area contributed by atoms with E-state index in [0.29, 0.717) is 22.2 Å². The monoisotopic (exact) mass is 300 g/mol. The molecular weight excluding hydrogens is 291 g/mol. The van der Waals surface area contributed by atoms with Gasteiger partial charge in [0.05, 0.1) is 15.7 Å².